The van der Waals surface area contributed by atoms with Crippen molar-refractivity contribution in [2.45, 2.75) is 46.5 Å². The molecule has 5 rings (SSSR count). The van der Waals surface area contributed by atoms with Gasteiger partial charge in [-0.15, -0.1) is 0 Å². The molecule has 0 unspecified atom stereocenters. The normalized spacial score (nSPS) is 19.9. The summed E-state index contributed by atoms with van der Waals surface area (Å²) < 4.78 is 1.97. The zero-order chi connectivity index (χ0) is 21.0. The van der Waals surface area contributed by atoms with Crippen LogP contribution < -0.4 is 5.32 Å². The first-order valence-electron chi connectivity index (χ1n) is 10.4. The molecule has 2 aromatic heterocycles. The lowest BCUT2D eigenvalue weighted by Crippen LogP contribution is -2.34. The number of carbonyl (C=O) groups excluding carboxylic acids is 1. The van der Waals surface area contributed by atoms with Crippen LogP contribution in [0.4, 0.5) is 5.82 Å². The van der Waals surface area contributed by atoms with E-state index in [-0.39, 0.29) is 17.1 Å². The number of Topliss-reactive ketones (excluding diaryl/α,β-unsaturated/α-hetero) is 1. The number of benzene rings is 1. The van der Waals surface area contributed by atoms with Crippen LogP contribution in [-0.4, -0.2) is 20.5 Å². The van der Waals surface area contributed by atoms with Crippen molar-refractivity contribution in [2.24, 2.45) is 5.41 Å². The van der Waals surface area contributed by atoms with E-state index < -0.39 is 0 Å². The molecule has 3 heterocycles. The Morgan fingerprint density at radius 1 is 1.07 bits per heavy atom. The van der Waals surface area contributed by atoms with E-state index in [1.165, 1.54) is 5.56 Å². The van der Waals surface area contributed by atoms with E-state index in [1.807, 2.05) is 29.8 Å². The number of carbonyl (C=O) groups is 1. The minimum Gasteiger partial charge on any atom is -0.343 e. The molecule has 0 fully saturated rings. The monoisotopic (exact) mass is 398 g/mol. The molecule has 2 aliphatic rings. The highest BCUT2D eigenvalue weighted by molar-refractivity contribution is 6.01. The molecule has 0 bridgehead atoms. The number of anilines is 1. The van der Waals surface area contributed by atoms with Gasteiger partial charge in [0.15, 0.2) is 5.78 Å². The fourth-order valence-electron chi connectivity index (χ4n) is 4.79. The molecule has 152 valence electrons. The van der Waals surface area contributed by atoms with Gasteiger partial charge in [-0.3, -0.25) is 9.78 Å². The zero-order valence-electron chi connectivity index (χ0n) is 17.9. The van der Waals surface area contributed by atoms with E-state index in [0.29, 0.717) is 6.42 Å². The van der Waals surface area contributed by atoms with Gasteiger partial charge in [0.05, 0.1) is 23.0 Å². The molecule has 1 aliphatic heterocycles. The van der Waals surface area contributed by atoms with Gasteiger partial charge in [0.25, 0.3) is 0 Å². The average Bonchev–Trinajstić information content (AvgIpc) is 3.03. The first-order chi connectivity index (χ1) is 14.3. The highest BCUT2D eigenvalue weighted by Gasteiger charge is 2.43. The number of hydrogen-bond donors (Lipinski definition) is 1. The molecular weight excluding hydrogens is 372 g/mol. The number of aryl methyl sites for hydroxylation is 2. The van der Waals surface area contributed by atoms with Crippen molar-refractivity contribution < 1.29 is 4.79 Å². The lowest BCUT2D eigenvalue weighted by Gasteiger charge is -2.38. The van der Waals surface area contributed by atoms with Gasteiger partial charge in [0.2, 0.25) is 0 Å². The first-order valence-corrected chi connectivity index (χ1v) is 10.4. The molecule has 1 aromatic carbocycles. The summed E-state index contributed by atoms with van der Waals surface area (Å²) in [7, 11) is 0. The third kappa shape index (κ3) is 2.96. The molecule has 3 aromatic rings. The third-order valence-corrected chi connectivity index (χ3v) is 6.14. The minimum atomic E-state index is -0.194. The lowest BCUT2D eigenvalue weighted by atomic mass is 9.70. The number of fused-ring (bicyclic) bond motifs is 1. The summed E-state index contributed by atoms with van der Waals surface area (Å²) in [6.45, 7) is 8.41. The molecule has 0 amide bonds. The quantitative estimate of drug-likeness (QED) is 0.654. The van der Waals surface area contributed by atoms with Gasteiger partial charge < -0.3 is 5.32 Å². The number of nitrogens with zero attached hydrogens (tertiary/aromatic N) is 3. The van der Waals surface area contributed by atoms with E-state index in [9.17, 15) is 4.79 Å². The van der Waals surface area contributed by atoms with Gasteiger partial charge in [0, 0.05) is 29.5 Å². The van der Waals surface area contributed by atoms with E-state index in [4.69, 9.17) is 5.10 Å². The second kappa shape index (κ2) is 6.66. The van der Waals surface area contributed by atoms with Crippen LogP contribution in [0, 0.1) is 19.3 Å². The molecule has 5 heteroatoms. The maximum absolute atomic E-state index is 13.3. The fraction of sp³-hybridized carbons (Fsp3) is 0.320. The Labute approximate surface area is 176 Å². The number of pyridine rings is 1. The van der Waals surface area contributed by atoms with Crippen LogP contribution in [0.2, 0.25) is 0 Å². The maximum atomic E-state index is 13.3. The molecule has 0 spiro atoms. The standard InChI is InChI=1S/C25H26N4O/c1-15-8-10-17(11-9-15)29-24-21(16(2)28-29)23(18-7-5-6-12-26-18)22-19(27-24)13-25(3,4)14-20(22)30/h5-12,23,27H,13-14H2,1-4H3/t23-/m0/s1. The fourth-order valence-corrected chi connectivity index (χ4v) is 4.79. The molecule has 1 N–H and O–H groups in total. The SMILES string of the molecule is Cc1ccc(-n2nc(C)c3c2NC2=C(C(=O)CC(C)(C)C2)[C@H]3c2ccccn2)cc1. The van der Waals surface area contributed by atoms with Crippen LogP contribution in [0.5, 0.6) is 0 Å². The minimum absolute atomic E-state index is 0.0706. The van der Waals surface area contributed by atoms with E-state index >= 15 is 0 Å². The van der Waals surface area contributed by atoms with E-state index in [2.05, 4.69) is 55.3 Å². The molecule has 0 saturated heterocycles. The van der Waals surface area contributed by atoms with Crippen LogP contribution >= 0.6 is 0 Å². The predicted octanol–water partition coefficient (Wildman–Crippen LogP) is 5.08. The third-order valence-electron chi connectivity index (χ3n) is 6.14. The predicted molar refractivity (Wildman–Crippen MR) is 118 cm³/mol. The molecule has 1 aliphatic carbocycles. The second-order valence-electron chi connectivity index (χ2n) is 9.24. The second-order valence-corrected chi connectivity index (χ2v) is 9.24. The van der Waals surface area contributed by atoms with Crippen molar-refractivity contribution in [3.63, 3.8) is 0 Å². The first kappa shape index (κ1) is 18.8. The number of rotatable bonds is 2. The Bertz CT molecular complexity index is 1170. The summed E-state index contributed by atoms with van der Waals surface area (Å²) in [5.74, 6) is 0.953. The highest BCUT2D eigenvalue weighted by Crippen LogP contribution is 2.49. The lowest BCUT2D eigenvalue weighted by molar-refractivity contribution is -0.118. The Morgan fingerprint density at radius 2 is 1.83 bits per heavy atom. The Kier molecular flexibility index (Phi) is 4.17. The summed E-state index contributed by atoms with van der Waals surface area (Å²) in [5.41, 5.74) is 6.85. The largest absolute Gasteiger partial charge is 0.343 e. The molecule has 0 saturated carbocycles. The van der Waals surface area contributed by atoms with Crippen LogP contribution in [0.25, 0.3) is 5.69 Å². The van der Waals surface area contributed by atoms with Gasteiger partial charge in [-0.05, 0) is 49.9 Å². The summed E-state index contributed by atoms with van der Waals surface area (Å²) >= 11 is 0. The van der Waals surface area contributed by atoms with Gasteiger partial charge in [-0.25, -0.2) is 4.68 Å². The van der Waals surface area contributed by atoms with Crippen molar-refractivity contribution >= 4 is 11.6 Å². The molecule has 5 nitrogen and oxygen atoms in total. The molecule has 1 atom stereocenters. The molecule has 30 heavy (non-hydrogen) atoms. The van der Waals surface area contributed by atoms with Crippen LogP contribution in [0.1, 0.15) is 55.1 Å². The zero-order valence-corrected chi connectivity index (χ0v) is 17.9. The van der Waals surface area contributed by atoms with Crippen molar-refractivity contribution in [2.75, 3.05) is 5.32 Å². The van der Waals surface area contributed by atoms with Gasteiger partial charge in [-0.2, -0.15) is 5.10 Å². The molecule has 0 radical (unpaired) electrons. The summed E-state index contributed by atoms with van der Waals surface area (Å²) in [5, 5.41) is 8.49. The highest BCUT2D eigenvalue weighted by atomic mass is 16.1. The number of allylic oxidation sites excluding steroid dienone is 2. The van der Waals surface area contributed by atoms with Gasteiger partial charge >= 0.3 is 0 Å². The van der Waals surface area contributed by atoms with E-state index in [1.54, 1.807) is 6.20 Å². The van der Waals surface area contributed by atoms with Crippen molar-refractivity contribution in [3.05, 3.63) is 82.4 Å². The smallest absolute Gasteiger partial charge is 0.162 e. The van der Waals surface area contributed by atoms with Crippen molar-refractivity contribution in [3.8, 4) is 5.69 Å². The van der Waals surface area contributed by atoms with Crippen LogP contribution in [0.15, 0.2) is 59.9 Å². The van der Waals surface area contributed by atoms with Gasteiger partial charge in [0.1, 0.15) is 5.82 Å². The average molecular weight is 399 g/mol. The maximum Gasteiger partial charge on any atom is 0.162 e. The molecular formula is C25H26N4O. The number of aromatic nitrogens is 3. The Hall–Kier alpha value is -3.21. The van der Waals surface area contributed by atoms with Crippen LogP contribution in [-0.2, 0) is 4.79 Å². The Morgan fingerprint density at radius 3 is 2.53 bits per heavy atom. The summed E-state index contributed by atoms with van der Waals surface area (Å²) in [6, 6.07) is 14.3. The van der Waals surface area contributed by atoms with Crippen molar-refractivity contribution in [1.29, 1.82) is 0 Å². The number of nitrogens with one attached hydrogen (secondary N) is 1. The van der Waals surface area contributed by atoms with Gasteiger partial charge in [-0.1, -0.05) is 37.6 Å². The number of ketones is 1. The van der Waals surface area contributed by atoms with E-state index in [0.717, 1.165) is 46.1 Å². The summed E-state index contributed by atoms with van der Waals surface area (Å²) in [4.78, 5) is 18.0. The Balaban J connectivity index is 1.75. The summed E-state index contributed by atoms with van der Waals surface area (Å²) in [6.07, 6.45) is 3.18. The topological polar surface area (TPSA) is 59.8 Å². The van der Waals surface area contributed by atoms with Crippen LogP contribution in [0.3, 0.4) is 0 Å². The number of hydrogen-bond acceptors (Lipinski definition) is 4. The van der Waals surface area contributed by atoms with Crippen molar-refractivity contribution in [1.82, 2.24) is 14.8 Å².